The van der Waals surface area contributed by atoms with Crippen LogP contribution in [0.4, 0.5) is 37.6 Å². The summed E-state index contributed by atoms with van der Waals surface area (Å²) in [6, 6.07) is 10.2. The average Bonchev–Trinajstić information content (AvgIpc) is 3.99. The summed E-state index contributed by atoms with van der Waals surface area (Å²) in [5.74, 6) is -3.25. The fourth-order valence-corrected chi connectivity index (χ4v) is 8.44. The van der Waals surface area contributed by atoms with Gasteiger partial charge in [0.2, 0.25) is 23.5 Å². The number of fused-ring (bicyclic) bond motifs is 4. The topological polar surface area (TPSA) is 160 Å². The van der Waals surface area contributed by atoms with Crippen LogP contribution in [-0.4, -0.2) is 74.3 Å². The maximum absolute atomic E-state index is 15.1. The first-order chi connectivity index (χ1) is 26.9. The number of carbonyl (C=O) groups is 2. The first kappa shape index (κ1) is 36.1. The van der Waals surface area contributed by atoms with Gasteiger partial charge in [-0.3, -0.25) is 24.4 Å². The standard InChI is InChI=1S/C39H41ClF2N10O4/c1-50-28-11-8-23(14-26(28)32-33(37(50)55)56-19-39(41,42)34(47-32)21-5-6-21)45-35-27(40)17-44-38(48-35)52-13-3-4-20(18-52)16-43-22-7-9-24-29(15-22)51(2)49-31(24)25-10-12-30(53)46-36(25)54/h7-9,11,14-15,17,20-21,25,34,43,47H,3-6,10,12-13,16,18-19H2,1-2H3,(H,44,45,48)(H,46,53,54). The van der Waals surface area contributed by atoms with Crippen molar-refractivity contribution in [1.82, 2.24) is 29.6 Å². The molecule has 1 saturated carbocycles. The van der Waals surface area contributed by atoms with Crippen molar-refractivity contribution >= 4 is 74.0 Å². The third kappa shape index (κ3) is 6.62. The number of rotatable bonds is 8. The monoisotopic (exact) mass is 786 g/mol. The van der Waals surface area contributed by atoms with Crippen LogP contribution in [-0.2, 0) is 23.7 Å². The summed E-state index contributed by atoms with van der Waals surface area (Å²) in [5.41, 5.74) is 3.46. The lowest BCUT2D eigenvalue weighted by atomic mass is 9.93. The number of imide groups is 1. The molecule has 3 atom stereocenters. The second-order valence-electron chi connectivity index (χ2n) is 15.4. The van der Waals surface area contributed by atoms with E-state index in [2.05, 4.69) is 36.2 Å². The number of benzene rings is 2. The van der Waals surface area contributed by atoms with E-state index >= 15 is 8.78 Å². The molecule has 6 heterocycles. The highest BCUT2D eigenvalue weighted by molar-refractivity contribution is 6.33. The van der Waals surface area contributed by atoms with Crippen LogP contribution < -0.4 is 36.5 Å². The Balaban J connectivity index is 0.907. The third-order valence-electron chi connectivity index (χ3n) is 11.5. The van der Waals surface area contributed by atoms with Crippen LogP contribution in [0, 0.1) is 11.8 Å². The number of nitrogens with one attached hydrogen (secondary N) is 4. The molecule has 4 aliphatic rings. The quantitative estimate of drug-likeness (QED) is 0.143. The SMILES string of the molecule is Cn1nc(C2CCC(=O)NC2=O)c2ccc(NCC3CCCN(c4ncc(Cl)c(Nc5ccc6c(c5)c5c(c(=O)n6C)OCC(F)(F)C(C6CC6)N5)n4)C3)cc21. The van der Waals surface area contributed by atoms with Gasteiger partial charge in [-0.15, -0.1) is 0 Å². The molecule has 14 nitrogen and oxygen atoms in total. The van der Waals surface area contributed by atoms with E-state index in [9.17, 15) is 14.4 Å². The molecule has 292 valence electrons. The summed E-state index contributed by atoms with van der Waals surface area (Å²) >= 11 is 6.62. The van der Waals surface area contributed by atoms with E-state index in [0.717, 1.165) is 42.5 Å². The molecular formula is C39H41ClF2N10O4. The van der Waals surface area contributed by atoms with E-state index in [1.807, 2.05) is 25.2 Å². The number of amides is 2. The molecule has 5 aromatic rings. The molecule has 0 bridgehead atoms. The third-order valence-corrected chi connectivity index (χ3v) is 11.7. The minimum Gasteiger partial charge on any atom is -0.480 e. The van der Waals surface area contributed by atoms with Gasteiger partial charge in [0.15, 0.2) is 12.4 Å². The van der Waals surface area contributed by atoms with Crippen LogP contribution in [0.2, 0.25) is 5.02 Å². The van der Waals surface area contributed by atoms with Crippen LogP contribution in [0.25, 0.3) is 21.8 Å². The molecule has 3 aliphatic heterocycles. The number of hydrogen-bond acceptors (Lipinski definition) is 11. The lowest BCUT2D eigenvalue weighted by Gasteiger charge is -2.33. The van der Waals surface area contributed by atoms with E-state index in [0.29, 0.717) is 77.2 Å². The Morgan fingerprint density at radius 1 is 1.02 bits per heavy atom. The average molecular weight is 787 g/mol. The Labute approximate surface area is 324 Å². The minimum atomic E-state index is -3.14. The summed E-state index contributed by atoms with van der Waals surface area (Å²) in [5, 5.41) is 18.8. The molecule has 2 amide bonds. The number of hydrogen-bond donors (Lipinski definition) is 4. The Kier molecular flexibility index (Phi) is 8.97. The molecule has 3 fully saturated rings. The van der Waals surface area contributed by atoms with Crippen molar-refractivity contribution in [3.8, 4) is 5.75 Å². The van der Waals surface area contributed by atoms with Crippen molar-refractivity contribution in [1.29, 1.82) is 0 Å². The van der Waals surface area contributed by atoms with Gasteiger partial charge in [0.1, 0.15) is 5.02 Å². The van der Waals surface area contributed by atoms with E-state index in [4.69, 9.17) is 21.3 Å². The zero-order valence-corrected chi connectivity index (χ0v) is 31.6. The van der Waals surface area contributed by atoms with E-state index in [1.165, 1.54) is 4.57 Å². The first-order valence-corrected chi connectivity index (χ1v) is 19.3. The number of halogens is 3. The van der Waals surface area contributed by atoms with Gasteiger partial charge in [0.25, 0.3) is 5.56 Å². The summed E-state index contributed by atoms with van der Waals surface area (Å²) in [6.45, 7) is 1.34. The normalized spacial score (nSPS) is 22.2. The van der Waals surface area contributed by atoms with Gasteiger partial charge in [-0.2, -0.15) is 10.1 Å². The van der Waals surface area contributed by atoms with Crippen molar-refractivity contribution in [3.05, 3.63) is 63.7 Å². The fraction of sp³-hybridized carbons (Fsp3) is 0.436. The van der Waals surface area contributed by atoms with Crippen molar-refractivity contribution in [2.24, 2.45) is 25.9 Å². The Hall–Kier alpha value is -5.51. The Morgan fingerprint density at radius 2 is 1.84 bits per heavy atom. The zero-order valence-electron chi connectivity index (χ0n) is 30.9. The number of aromatic nitrogens is 5. The molecule has 17 heteroatoms. The number of ether oxygens (including phenoxy) is 1. The maximum Gasteiger partial charge on any atom is 0.301 e. The molecule has 0 spiro atoms. The summed E-state index contributed by atoms with van der Waals surface area (Å²) < 4.78 is 39.0. The number of aryl methyl sites for hydroxylation is 2. The summed E-state index contributed by atoms with van der Waals surface area (Å²) in [6.07, 6.45) is 5.66. The Bertz CT molecular complexity index is 2470. The van der Waals surface area contributed by atoms with Crippen molar-refractivity contribution in [2.75, 3.05) is 47.1 Å². The fourth-order valence-electron chi connectivity index (χ4n) is 8.30. The summed E-state index contributed by atoms with van der Waals surface area (Å²) in [7, 11) is 3.45. The molecule has 1 aliphatic carbocycles. The maximum atomic E-state index is 15.1. The van der Waals surface area contributed by atoms with E-state index < -0.39 is 30.0 Å². The van der Waals surface area contributed by atoms with Crippen molar-refractivity contribution in [2.45, 2.75) is 56.4 Å². The highest BCUT2D eigenvalue weighted by atomic mass is 35.5. The molecule has 2 saturated heterocycles. The number of carbonyl (C=O) groups excluding carboxylic acids is 2. The van der Waals surface area contributed by atoms with E-state index in [-0.39, 0.29) is 29.2 Å². The van der Waals surface area contributed by atoms with Crippen molar-refractivity contribution in [3.63, 3.8) is 0 Å². The first-order valence-electron chi connectivity index (χ1n) is 19.0. The van der Waals surface area contributed by atoms with Gasteiger partial charge < -0.3 is 30.2 Å². The highest BCUT2D eigenvalue weighted by Gasteiger charge is 2.51. The molecule has 9 rings (SSSR count). The van der Waals surface area contributed by atoms with Crippen LogP contribution in [0.3, 0.4) is 0 Å². The van der Waals surface area contributed by atoms with Gasteiger partial charge in [-0.1, -0.05) is 11.6 Å². The minimum absolute atomic E-state index is 0.118. The Morgan fingerprint density at radius 3 is 2.64 bits per heavy atom. The van der Waals surface area contributed by atoms with Crippen LogP contribution in [0.5, 0.6) is 5.75 Å². The largest absolute Gasteiger partial charge is 0.480 e. The predicted octanol–water partition coefficient (Wildman–Crippen LogP) is 5.68. The lowest BCUT2D eigenvalue weighted by Crippen LogP contribution is -2.44. The van der Waals surface area contributed by atoms with Gasteiger partial charge >= 0.3 is 5.92 Å². The molecule has 4 N–H and O–H groups in total. The highest BCUT2D eigenvalue weighted by Crippen LogP contribution is 2.46. The molecule has 0 radical (unpaired) electrons. The van der Waals surface area contributed by atoms with Gasteiger partial charge in [-0.25, -0.2) is 13.8 Å². The zero-order chi connectivity index (χ0) is 38.9. The number of alkyl halides is 2. The molecule has 3 aromatic heterocycles. The number of piperidine rings is 2. The number of anilines is 5. The lowest BCUT2D eigenvalue weighted by molar-refractivity contribution is -0.134. The number of pyridine rings is 1. The second-order valence-corrected chi connectivity index (χ2v) is 15.8. The predicted molar refractivity (Wildman–Crippen MR) is 209 cm³/mol. The van der Waals surface area contributed by atoms with Crippen LogP contribution >= 0.6 is 11.6 Å². The van der Waals surface area contributed by atoms with Gasteiger partial charge in [0.05, 0.1) is 40.6 Å². The van der Waals surface area contributed by atoms with E-state index in [1.54, 1.807) is 36.1 Å². The van der Waals surface area contributed by atoms with Gasteiger partial charge in [-0.05, 0) is 80.3 Å². The molecular weight excluding hydrogens is 746 g/mol. The van der Waals surface area contributed by atoms with Gasteiger partial charge in [0, 0.05) is 62.3 Å². The number of nitrogens with zero attached hydrogens (tertiary/aromatic N) is 6. The van der Waals surface area contributed by atoms with Crippen LogP contribution in [0.15, 0.2) is 47.4 Å². The van der Waals surface area contributed by atoms with Crippen molar-refractivity contribution < 1.29 is 23.1 Å². The summed E-state index contributed by atoms with van der Waals surface area (Å²) in [4.78, 5) is 49.0. The molecule has 2 aromatic carbocycles. The van der Waals surface area contributed by atoms with Crippen LogP contribution in [0.1, 0.15) is 50.1 Å². The second kappa shape index (κ2) is 13.9. The smallest absolute Gasteiger partial charge is 0.301 e. The molecule has 3 unspecified atom stereocenters. The molecule has 56 heavy (non-hydrogen) atoms.